The van der Waals surface area contributed by atoms with E-state index >= 15 is 0 Å². The van der Waals surface area contributed by atoms with Crippen molar-refractivity contribution in [2.24, 2.45) is 11.8 Å². The van der Waals surface area contributed by atoms with Crippen LogP contribution in [0.25, 0.3) is 10.1 Å². The van der Waals surface area contributed by atoms with Gasteiger partial charge in [0.1, 0.15) is 0 Å². The van der Waals surface area contributed by atoms with E-state index in [-0.39, 0.29) is 5.54 Å². The summed E-state index contributed by atoms with van der Waals surface area (Å²) in [7, 11) is 0. The molecule has 0 fully saturated rings. The third-order valence-electron chi connectivity index (χ3n) is 3.80. The maximum Gasteiger partial charge on any atom is 0.0345 e. The van der Waals surface area contributed by atoms with Crippen molar-refractivity contribution in [3.63, 3.8) is 0 Å². The molecule has 2 aromatic rings. The van der Waals surface area contributed by atoms with Crippen molar-refractivity contribution >= 4 is 21.4 Å². The predicted molar refractivity (Wildman–Crippen MR) is 96.2 cm³/mol. The van der Waals surface area contributed by atoms with Gasteiger partial charge >= 0.3 is 0 Å². The van der Waals surface area contributed by atoms with Crippen molar-refractivity contribution in [1.82, 2.24) is 5.32 Å². The Kier molecular flexibility index (Phi) is 5.45. The van der Waals surface area contributed by atoms with E-state index in [9.17, 15) is 0 Å². The van der Waals surface area contributed by atoms with Gasteiger partial charge in [0.05, 0.1) is 0 Å². The monoisotopic (exact) mass is 303 g/mol. The van der Waals surface area contributed by atoms with Crippen LogP contribution in [0.15, 0.2) is 29.6 Å². The highest BCUT2D eigenvalue weighted by Gasteiger charge is 2.17. The largest absolute Gasteiger partial charge is 0.312 e. The van der Waals surface area contributed by atoms with Crippen LogP contribution >= 0.6 is 11.3 Å². The van der Waals surface area contributed by atoms with Gasteiger partial charge in [-0.3, -0.25) is 0 Å². The van der Waals surface area contributed by atoms with Crippen LogP contribution in [0.5, 0.6) is 0 Å². The fourth-order valence-electron chi connectivity index (χ4n) is 2.86. The summed E-state index contributed by atoms with van der Waals surface area (Å²) in [6.07, 6.45) is 2.47. The summed E-state index contributed by atoms with van der Waals surface area (Å²) in [6.45, 7) is 12.5. The zero-order valence-electron chi connectivity index (χ0n) is 14.1. The number of benzene rings is 1. The SMILES string of the molecule is CC(C)CC(CNC(C)(C)C)Cc1csc2ccccc12. The third-order valence-corrected chi connectivity index (χ3v) is 4.81. The summed E-state index contributed by atoms with van der Waals surface area (Å²) in [4.78, 5) is 0. The highest BCUT2D eigenvalue weighted by atomic mass is 32.1. The highest BCUT2D eigenvalue weighted by molar-refractivity contribution is 7.17. The van der Waals surface area contributed by atoms with Gasteiger partial charge in [0.2, 0.25) is 0 Å². The number of fused-ring (bicyclic) bond motifs is 1. The van der Waals surface area contributed by atoms with Crippen molar-refractivity contribution < 1.29 is 0 Å². The minimum absolute atomic E-state index is 0.200. The first-order chi connectivity index (χ1) is 9.85. The van der Waals surface area contributed by atoms with E-state index in [0.717, 1.165) is 12.5 Å². The Morgan fingerprint density at radius 1 is 1.14 bits per heavy atom. The molecule has 0 amide bonds. The molecule has 0 spiro atoms. The second-order valence-corrected chi connectivity index (χ2v) is 8.50. The zero-order chi connectivity index (χ0) is 15.5. The first-order valence-electron chi connectivity index (χ1n) is 8.05. The Morgan fingerprint density at radius 2 is 1.86 bits per heavy atom. The molecule has 1 aromatic carbocycles. The van der Waals surface area contributed by atoms with Crippen LogP contribution in [-0.2, 0) is 6.42 Å². The van der Waals surface area contributed by atoms with E-state index in [1.807, 2.05) is 11.3 Å². The summed E-state index contributed by atoms with van der Waals surface area (Å²) in [5, 5.41) is 7.50. The maximum atomic E-state index is 3.69. The van der Waals surface area contributed by atoms with Crippen LogP contribution in [0.1, 0.15) is 46.6 Å². The molecule has 0 bridgehead atoms. The Morgan fingerprint density at radius 3 is 2.52 bits per heavy atom. The minimum Gasteiger partial charge on any atom is -0.312 e. The average molecular weight is 304 g/mol. The molecule has 2 rings (SSSR count). The minimum atomic E-state index is 0.200. The Labute approximate surface area is 133 Å². The summed E-state index contributed by atoms with van der Waals surface area (Å²) < 4.78 is 1.42. The Balaban J connectivity index is 2.10. The van der Waals surface area contributed by atoms with Crippen LogP contribution < -0.4 is 5.32 Å². The molecule has 1 N–H and O–H groups in total. The van der Waals surface area contributed by atoms with Crippen LogP contribution in [0.3, 0.4) is 0 Å². The lowest BCUT2D eigenvalue weighted by molar-refractivity contribution is 0.332. The van der Waals surface area contributed by atoms with Crippen molar-refractivity contribution in [1.29, 1.82) is 0 Å². The first kappa shape index (κ1) is 16.5. The van der Waals surface area contributed by atoms with Crippen molar-refractivity contribution in [3.05, 3.63) is 35.2 Å². The lowest BCUT2D eigenvalue weighted by atomic mass is 9.90. The Hall–Kier alpha value is -0.860. The molecule has 1 heterocycles. The molecule has 0 saturated heterocycles. The number of nitrogens with one attached hydrogen (secondary N) is 1. The van der Waals surface area contributed by atoms with Crippen LogP contribution in [-0.4, -0.2) is 12.1 Å². The molecule has 116 valence electrons. The van der Waals surface area contributed by atoms with Crippen LogP contribution in [0.4, 0.5) is 0 Å². The van der Waals surface area contributed by atoms with Gasteiger partial charge in [0, 0.05) is 10.2 Å². The van der Waals surface area contributed by atoms with Gasteiger partial charge in [-0.25, -0.2) is 0 Å². The predicted octanol–water partition coefficient (Wildman–Crippen LogP) is 5.49. The number of thiophene rings is 1. The molecule has 1 nitrogen and oxygen atoms in total. The van der Waals surface area contributed by atoms with E-state index in [1.165, 1.54) is 28.5 Å². The number of hydrogen-bond donors (Lipinski definition) is 1. The van der Waals surface area contributed by atoms with Crippen molar-refractivity contribution in [3.8, 4) is 0 Å². The standard InChI is InChI=1S/C19H29NS/c1-14(2)10-15(12-20-19(3,4)5)11-16-13-21-18-9-7-6-8-17(16)18/h6-9,13-15,20H,10-12H2,1-5H3. The molecule has 21 heavy (non-hydrogen) atoms. The number of hydrogen-bond acceptors (Lipinski definition) is 2. The van der Waals surface area contributed by atoms with Crippen LogP contribution in [0, 0.1) is 11.8 Å². The molecule has 1 atom stereocenters. The lowest BCUT2D eigenvalue weighted by Gasteiger charge is -2.26. The van der Waals surface area contributed by atoms with Gasteiger partial charge in [-0.2, -0.15) is 0 Å². The summed E-state index contributed by atoms with van der Waals surface area (Å²) in [5.74, 6) is 1.46. The van der Waals surface area contributed by atoms with Crippen LogP contribution in [0.2, 0.25) is 0 Å². The fourth-order valence-corrected chi connectivity index (χ4v) is 3.83. The van der Waals surface area contributed by atoms with Gasteiger partial charge < -0.3 is 5.32 Å². The quantitative estimate of drug-likeness (QED) is 0.743. The van der Waals surface area contributed by atoms with E-state index in [1.54, 1.807) is 0 Å². The molecule has 0 saturated carbocycles. The molecule has 2 heteroatoms. The summed E-state index contributed by atoms with van der Waals surface area (Å²) in [6, 6.07) is 8.79. The van der Waals surface area contributed by atoms with Gasteiger partial charge in [-0.15, -0.1) is 11.3 Å². The molecular formula is C19H29NS. The van der Waals surface area contributed by atoms with E-state index in [0.29, 0.717) is 5.92 Å². The van der Waals surface area contributed by atoms with Gasteiger partial charge in [0.25, 0.3) is 0 Å². The second-order valence-electron chi connectivity index (χ2n) is 7.59. The molecular weight excluding hydrogens is 274 g/mol. The topological polar surface area (TPSA) is 12.0 Å². The van der Waals surface area contributed by atoms with Crippen molar-refractivity contribution in [2.45, 2.75) is 53.0 Å². The molecule has 0 aliphatic rings. The van der Waals surface area contributed by atoms with Gasteiger partial charge in [-0.1, -0.05) is 32.0 Å². The number of rotatable bonds is 6. The first-order valence-corrected chi connectivity index (χ1v) is 8.93. The fraction of sp³-hybridized carbons (Fsp3) is 0.579. The lowest BCUT2D eigenvalue weighted by Crippen LogP contribution is -2.39. The molecule has 0 aliphatic heterocycles. The Bertz CT molecular complexity index is 562. The van der Waals surface area contributed by atoms with E-state index in [4.69, 9.17) is 0 Å². The molecule has 1 unspecified atom stereocenters. The second kappa shape index (κ2) is 6.93. The van der Waals surface area contributed by atoms with E-state index < -0.39 is 0 Å². The van der Waals surface area contributed by atoms with Gasteiger partial charge in [0.15, 0.2) is 0 Å². The molecule has 0 radical (unpaired) electrons. The summed E-state index contributed by atoms with van der Waals surface area (Å²) >= 11 is 1.88. The molecule has 1 aromatic heterocycles. The summed E-state index contributed by atoms with van der Waals surface area (Å²) in [5.41, 5.74) is 1.73. The van der Waals surface area contributed by atoms with Crippen molar-refractivity contribution in [2.75, 3.05) is 6.54 Å². The zero-order valence-corrected chi connectivity index (χ0v) is 14.9. The van der Waals surface area contributed by atoms with E-state index in [2.05, 4.69) is 69.6 Å². The maximum absolute atomic E-state index is 3.69. The normalized spacial score (nSPS) is 14.0. The average Bonchev–Trinajstić information content (AvgIpc) is 2.78. The molecule has 0 aliphatic carbocycles. The smallest absolute Gasteiger partial charge is 0.0345 e. The third kappa shape index (κ3) is 5.12. The van der Waals surface area contributed by atoms with Gasteiger partial charge in [-0.05, 0) is 74.4 Å². The highest BCUT2D eigenvalue weighted by Crippen LogP contribution is 2.29.